The van der Waals surface area contributed by atoms with Crippen molar-refractivity contribution in [2.75, 3.05) is 38.6 Å². The summed E-state index contributed by atoms with van der Waals surface area (Å²) >= 11 is 0. The van der Waals surface area contributed by atoms with Gasteiger partial charge in [-0.3, -0.25) is 4.79 Å². The highest BCUT2D eigenvalue weighted by atomic mass is 32.2. The fraction of sp³-hybridized carbons (Fsp3) is 0.381. The summed E-state index contributed by atoms with van der Waals surface area (Å²) in [5, 5.41) is 2.58. The van der Waals surface area contributed by atoms with Crippen LogP contribution >= 0.6 is 0 Å². The van der Waals surface area contributed by atoms with Gasteiger partial charge >= 0.3 is 0 Å². The molecule has 2 rings (SSSR count). The molecule has 2 aromatic carbocycles. The summed E-state index contributed by atoms with van der Waals surface area (Å²) < 4.78 is 58.7. The Bertz CT molecular complexity index is 1130. The fourth-order valence-corrected chi connectivity index (χ4v) is 5.64. The summed E-state index contributed by atoms with van der Waals surface area (Å²) in [6, 6.07) is 12.0. The zero-order valence-corrected chi connectivity index (χ0v) is 20.2. The first-order valence-corrected chi connectivity index (χ1v) is 13.0. The predicted octanol–water partition coefficient (Wildman–Crippen LogP) is 2.38. The number of hydrogen-bond acceptors (Lipinski definition) is 6. The first kappa shape index (κ1) is 25.8. The third-order valence-electron chi connectivity index (χ3n) is 4.69. The number of rotatable bonds is 11. The molecule has 0 spiro atoms. The molecular weight excluding hydrogens is 454 g/mol. The van der Waals surface area contributed by atoms with Crippen LogP contribution in [0.2, 0.25) is 0 Å². The highest BCUT2D eigenvalue weighted by molar-refractivity contribution is 7.89. The first-order valence-electron chi connectivity index (χ1n) is 10.2. The lowest BCUT2D eigenvalue weighted by Crippen LogP contribution is -2.35. The topological polar surface area (TPSA) is 113 Å². The smallest absolute Gasteiger partial charge is 0.243 e. The van der Waals surface area contributed by atoms with Gasteiger partial charge in [0.1, 0.15) is 5.75 Å². The number of likely N-dealkylation sites (N-methyl/N-ethyl adjacent to an activating group) is 1. The maximum Gasteiger partial charge on any atom is 0.243 e. The predicted molar refractivity (Wildman–Crippen MR) is 123 cm³/mol. The van der Waals surface area contributed by atoms with Crippen molar-refractivity contribution >= 4 is 31.6 Å². The average molecular weight is 484 g/mol. The third-order valence-corrected chi connectivity index (χ3v) is 8.55. The minimum Gasteiger partial charge on any atom is -0.492 e. The Labute approximate surface area is 190 Å². The number of carbonyl (C=O) groups excluding carboxylic acids is 1. The van der Waals surface area contributed by atoms with E-state index in [-0.39, 0.29) is 21.2 Å². The van der Waals surface area contributed by atoms with Crippen molar-refractivity contribution < 1.29 is 26.4 Å². The lowest BCUT2D eigenvalue weighted by molar-refractivity contribution is -0.116. The summed E-state index contributed by atoms with van der Waals surface area (Å²) in [7, 11) is -6.31. The Morgan fingerprint density at radius 1 is 0.906 bits per heavy atom. The van der Waals surface area contributed by atoms with Crippen LogP contribution in [0, 0.1) is 0 Å². The van der Waals surface area contributed by atoms with Crippen molar-refractivity contribution in [1.29, 1.82) is 0 Å². The molecule has 0 heterocycles. The van der Waals surface area contributed by atoms with Gasteiger partial charge in [-0.15, -0.1) is 0 Å². The van der Waals surface area contributed by atoms with Crippen LogP contribution in [0.15, 0.2) is 58.3 Å². The van der Waals surface area contributed by atoms with Crippen molar-refractivity contribution in [1.82, 2.24) is 8.61 Å². The molecule has 0 radical (unpaired) electrons. The van der Waals surface area contributed by atoms with E-state index in [9.17, 15) is 21.6 Å². The van der Waals surface area contributed by atoms with Gasteiger partial charge < -0.3 is 10.1 Å². The average Bonchev–Trinajstić information content (AvgIpc) is 2.76. The molecule has 0 aliphatic carbocycles. The first-order chi connectivity index (χ1) is 15.1. The molecule has 0 bridgehead atoms. The molecule has 176 valence electrons. The Kier molecular flexibility index (Phi) is 8.79. The lowest BCUT2D eigenvalue weighted by Gasteiger charge is -2.20. The maximum absolute atomic E-state index is 12.9. The molecule has 0 fully saturated rings. The van der Waals surface area contributed by atoms with E-state index < -0.39 is 32.5 Å². The number of ether oxygens (including phenoxy) is 1. The van der Waals surface area contributed by atoms with Gasteiger partial charge in [-0.05, 0) is 37.3 Å². The SMILES string of the molecule is CCOc1ccc(S(=O)(=O)N(CC)CC)cc1NC(=O)CN(C)S(=O)(=O)c1ccccc1. The fourth-order valence-electron chi connectivity index (χ4n) is 3.01. The summed E-state index contributed by atoms with van der Waals surface area (Å²) in [5.74, 6) is -0.349. The van der Waals surface area contributed by atoms with E-state index in [1.54, 1.807) is 39.0 Å². The van der Waals surface area contributed by atoms with Crippen LogP contribution in [-0.2, 0) is 24.8 Å². The molecule has 1 amide bonds. The van der Waals surface area contributed by atoms with Crippen molar-refractivity contribution in [3.63, 3.8) is 0 Å². The van der Waals surface area contributed by atoms with Crippen LogP contribution < -0.4 is 10.1 Å². The van der Waals surface area contributed by atoms with E-state index in [1.165, 1.54) is 41.7 Å². The molecule has 0 aliphatic heterocycles. The number of nitrogens with one attached hydrogen (secondary N) is 1. The van der Waals surface area contributed by atoms with Gasteiger partial charge in [-0.1, -0.05) is 32.0 Å². The van der Waals surface area contributed by atoms with E-state index in [0.29, 0.717) is 19.7 Å². The third kappa shape index (κ3) is 5.85. The van der Waals surface area contributed by atoms with Gasteiger partial charge in [0.25, 0.3) is 0 Å². The lowest BCUT2D eigenvalue weighted by atomic mass is 10.3. The van der Waals surface area contributed by atoms with Crippen LogP contribution in [0.25, 0.3) is 0 Å². The van der Waals surface area contributed by atoms with Crippen LogP contribution in [-0.4, -0.2) is 64.6 Å². The van der Waals surface area contributed by atoms with Gasteiger partial charge in [0.15, 0.2) is 0 Å². The zero-order chi connectivity index (χ0) is 23.9. The largest absolute Gasteiger partial charge is 0.492 e. The molecule has 0 aromatic heterocycles. The minimum atomic E-state index is -3.86. The molecule has 32 heavy (non-hydrogen) atoms. The van der Waals surface area contributed by atoms with E-state index in [2.05, 4.69) is 5.32 Å². The molecule has 0 atom stereocenters. The second-order valence-electron chi connectivity index (χ2n) is 6.80. The highest BCUT2D eigenvalue weighted by Gasteiger charge is 2.25. The molecule has 2 aromatic rings. The van der Waals surface area contributed by atoms with Crippen molar-refractivity contribution in [3.8, 4) is 5.75 Å². The molecule has 0 saturated carbocycles. The van der Waals surface area contributed by atoms with Crippen LogP contribution in [0.5, 0.6) is 5.75 Å². The molecule has 0 unspecified atom stereocenters. The van der Waals surface area contributed by atoms with Crippen LogP contribution in [0.4, 0.5) is 5.69 Å². The number of nitrogens with zero attached hydrogens (tertiary/aromatic N) is 2. The number of hydrogen-bond donors (Lipinski definition) is 1. The summed E-state index contributed by atoms with van der Waals surface area (Å²) in [4.78, 5) is 12.7. The molecule has 11 heteroatoms. The van der Waals surface area contributed by atoms with Crippen LogP contribution in [0.1, 0.15) is 20.8 Å². The molecular formula is C21H29N3O6S2. The van der Waals surface area contributed by atoms with Crippen LogP contribution in [0.3, 0.4) is 0 Å². The molecule has 9 nitrogen and oxygen atoms in total. The Morgan fingerprint density at radius 3 is 2.09 bits per heavy atom. The van der Waals surface area contributed by atoms with E-state index in [4.69, 9.17) is 4.74 Å². The molecule has 0 saturated heterocycles. The number of anilines is 1. The quantitative estimate of drug-likeness (QED) is 0.525. The zero-order valence-electron chi connectivity index (χ0n) is 18.6. The van der Waals surface area contributed by atoms with Gasteiger partial charge in [-0.25, -0.2) is 16.8 Å². The summed E-state index contributed by atoms with van der Waals surface area (Å²) in [6.45, 7) is 5.67. The van der Waals surface area contributed by atoms with Gasteiger partial charge in [0, 0.05) is 20.1 Å². The van der Waals surface area contributed by atoms with E-state index >= 15 is 0 Å². The Morgan fingerprint density at radius 2 is 1.53 bits per heavy atom. The van der Waals surface area contributed by atoms with E-state index in [1.807, 2.05) is 0 Å². The highest BCUT2D eigenvalue weighted by Crippen LogP contribution is 2.29. The minimum absolute atomic E-state index is 0.00483. The monoisotopic (exact) mass is 483 g/mol. The summed E-state index contributed by atoms with van der Waals surface area (Å²) in [5.41, 5.74) is 0.149. The number of carbonyl (C=O) groups is 1. The number of sulfonamides is 2. The molecule has 0 aliphatic rings. The standard InChI is InChI=1S/C21H29N3O6S2/c1-5-24(6-2)32(28,29)18-13-14-20(30-7-3)19(15-18)22-21(25)16-23(4)31(26,27)17-11-9-8-10-12-17/h8-15H,5-7,16H2,1-4H3,(H,22,25). The van der Waals surface area contributed by atoms with Crippen molar-refractivity contribution in [3.05, 3.63) is 48.5 Å². The van der Waals surface area contributed by atoms with Gasteiger partial charge in [0.2, 0.25) is 26.0 Å². The van der Waals surface area contributed by atoms with E-state index in [0.717, 1.165) is 4.31 Å². The normalized spacial score (nSPS) is 12.2. The Hall–Kier alpha value is -2.47. The maximum atomic E-state index is 12.9. The van der Waals surface area contributed by atoms with Crippen molar-refractivity contribution in [2.45, 2.75) is 30.6 Å². The second-order valence-corrected chi connectivity index (χ2v) is 10.8. The van der Waals surface area contributed by atoms with Crippen molar-refractivity contribution in [2.24, 2.45) is 0 Å². The number of benzene rings is 2. The number of amides is 1. The molecule has 1 N–H and O–H groups in total. The Balaban J connectivity index is 2.29. The second kappa shape index (κ2) is 10.9. The summed E-state index contributed by atoms with van der Waals surface area (Å²) in [6.07, 6.45) is 0. The van der Waals surface area contributed by atoms with Gasteiger partial charge in [-0.2, -0.15) is 8.61 Å². The van der Waals surface area contributed by atoms with Gasteiger partial charge in [0.05, 0.1) is 28.6 Å².